The lowest BCUT2D eigenvalue weighted by Gasteiger charge is -2.27. The van der Waals surface area contributed by atoms with E-state index in [2.05, 4.69) is 15.8 Å². The summed E-state index contributed by atoms with van der Waals surface area (Å²) in [6, 6.07) is 19.6. The van der Waals surface area contributed by atoms with Crippen LogP contribution in [-0.2, 0) is 19.6 Å². The molecule has 0 spiro atoms. The van der Waals surface area contributed by atoms with E-state index in [0.717, 1.165) is 16.1 Å². The molecule has 3 aromatic carbocycles. The molecule has 0 heterocycles. The minimum absolute atomic E-state index is 0.152. The van der Waals surface area contributed by atoms with E-state index < -0.39 is 22.0 Å². The SMILES string of the molecule is CCOc1ccc(N([C@H](C)C(=O)N/N=C\c2ccc(OCC(=O)Nc3ccc(C)cc3)cc2)S(C)(=O)=O)cc1. The third-order valence-corrected chi connectivity index (χ3v) is 6.71. The maximum atomic E-state index is 12.7. The highest BCUT2D eigenvalue weighted by Gasteiger charge is 2.29. The van der Waals surface area contributed by atoms with Gasteiger partial charge in [-0.05, 0) is 87.0 Å². The summed E-state index contributed by atoms with van der Waals surface area (Å²) in [5, 5.41) is 6.71. The van der Waals surface area contributed by atoms with Crippen molar-refractivity contribution < 1.29 is 27.5 Å². The Morgan fingerprint density at radius 3 is 2.13 bits per heavy atom. The van der Waals surface area contributed by atoms with Gasteiger partial charge in [0.05, 0.1) is 24.8 Å². The summed E-state index contributed by atoms with van der Waals surface area (Å²) in [4.78, 5) is 24.8. The third-order valence-electron chi connectivity index (χ3n) is 5.46. The first-order valence-corrected chi connectivity index (χ1v) is 14.1. The summed E-state index contributed by atoms with van der Waals surface area (Å²) in [5.41, 5.74) is 5.16. The zero-order valence-corrected chi connectivity index (χ0v) is 23.1. The van der Waals surface area contributed by atoms with Crippen LogP contribution >= 0.6 is 0 Å². The van der Waals surface area contributed by atoms with Crippen molar-refractivity contribution in [2.24, 2.45) is 5.10 Å². The molecule has 0 saturated carbocycles. The van der Waals surface area contributed by atoms with E-state index in [1.54, 1.807) is 48.5 Å². The Morgan fingerprint density at radius 1 is 0.949 bits per heavy atom. The van der Waals surface area contributed by atoms with Crippen LogP contribution in [0.3, 0.4) is 0 Å². The molecule has 0 aliphatic carbocycles. The fourth-order valence-electron chi connectivity index (χ4n) is 3.56. The number of rotatable bonds is 12. The molecule has 0 fully saturated rings. The van der Waals surface area contributed by atoms with Gasteiger partial charge in [-0.2, -0.15) is 5.10 Å². The number of nitrogens with one attached hydrogen (secondary N) is 2. The molecular weight excluding hydrogens is 520 g/mol. The van der Waals surface area contributed by atoms with E-state index in [1.165, 1.54) is 13.1 Å². The van der Waals surface area contributed by atoms with Crippen molar-refractivity contribution in [1.82, 2.24) is 5.43 Å². The maximum absolute atomic E-state index is 12.7. The molecule has 0 bridgehead atoms. The van der Waals surface area contributed by atoms with E-state index >= 15 is 0 Å². The Balaban J connectivity index is 1.53. The summed E-state index contributed by atoms with van der Waals surface area (Å²) < 4.78 is 36.8. The van der Waals surface area contributed by atoms with Crippen LogP contribution in [-0.4, -0.2) is 52.0 Å². The van der Waals surface area contributed by atoms with E-state index in [4.69, 9.17) is 9.47 Å². The van der Waals surface area contributed by atoms with Gasteiger partial charge in [0.15, 0.2) is 6.61 Å². The summed E-state index contributed by atoms with van der Waals surface area (Å²) >= 11 is 0. The summed E-state index contributed by atoms with van der Waals surface area (Å²) in [7, 11) is -3.76. The Kier molecular flexibility index (Phi) is 10.0. The minimum Gasteiger partial charge on any atom is -0.494 e. The standard InChI is InChI=1S/C28H32N4O6S/c1-5-37-25-16-12-24(13-17-25)32(39(4,35)36)21(3)28(34)31-29-18-22-8-14-26(15-9-22)38-19-27(33)30-23-10-6-20(2)7-11-23/h6-18,21H,5,19H2,1-4H3,(H,30,33)(H,31,34)/b29-18-/t21-/m1/s1. The van der Waals surface area contributed by atoms with Crippen molar-refractivity contribution in [1.29, 1.82) is 0 Å². The molecule has 0 aliphatic rings. The first-order valence-electron chi connectivity index (χ1n) is 12.2. The number of amides is 2. The topological polar surface area (TPSA) is 126 Å². The van der Waals surface area contributed by atoms with Gasteiger partial charge in [-0.3, -0.25) is 13.9 Å². The molecule has 2 amide bonds. The van der Waals surface area contributed by atoms with Crippen LogP contribution in [0.2, 0.25) is 0 Å². The average Bonchev–Trinajstić information content (AvgIpc) is 2.90. The zero-order valence-electron chi connectivity index (χ0n) is 22.2. The molecule has 2 N–H and O–H groups in total. The Morgan fingerprint density at radius 2 is 1.54 bits per heavy atom. The Bertz CT molecular complexity index is 1390. The molecule has 1 atom stereocenters. The lowest BCUT2D eigenvalue weighted by Crippen LogP contribution is -2.46. The second-order valence-electron chi connectivity index (χ2n) is 8.67. The molecule has 39 heavy (non-hydrogen) atoms. The van der Waals surface area contributed by atoms with E-state index in [-0.39, 0.29) is 12.5 Å². The number of sulfonamides is 1. The normalized spacial score (nSPS) is 12.0. The number of hydrogen-bond acceptors (Lipinski definition) is 7. The number of aryl methyl sites for hydroxylation is 1. The third kappa shape index (κ3) is 8.85. The number of anilines is 2. The maximum Gasteiger partial charge on any atom is 0.263 e. The molecule has 0 saturated heterocycles. The Labute approximate surface area is 228 Å². The van der Waals surface area contributed by atoms with Crippen molar-refractivity contribution in [2.45, 2.75) is 26.8 Å². The van der Waals surface area contributed by atoms with Gasteiger partial charge in [0.25, 0.3) is 11.8 Å². The second kappa shape index (κ2) is 13.4. The summed E-state index contributed by atoms with van der Waals surface area (Å²) in [6.07, 6.45) is 2.45. The van der Waals surface area contributed by atoms with Crippen molar-refractivity contribution in [2.75, 3.05) is 29.1 Å². The monoisotopic (exact) mass is 552 g/mol. The second-order valence-corrected chi connectivity index (χ2v) is 10.5. The van der Waals surface area contributed by atoms with Crippen LogP contribution in [0, 0.1) is 6.92 Å². The van der Waals surface area contributed by atoms with Gasteiger partial charge in [-0.15, -0.1) is 0 Å². The van der Waals surface area contributed by atoms with E-state index in [9.17, 15) is 18.0 Å². The average molecular weight is 553 g/mol. The van der Waals surface area contributed by atoms with Crippen LogP contribution in [0.25, 0.3) is 0 Å². The van der Waals surface area contributed by atoms with Gasteiger partial charge in [0.1, 0.15) is 17.5 Å². The number of benzene rings is 3. The number of hydrazone groups is 1. The first-order chi connectivity index (χ1) is 18.6. The lowest BCUT2D eigenvalue weighted by atomic mass is 10.2. The molecule has 10 nitrogen and oxygen atoms in total. The molecule has 11 heteroatoms. The molecule has 0 aliphatic heterocycles. The van der Waals surface area contributed by atoms with Crippen LogP contribution < -0.4 is 24.5 Å². The molecule has 206 valence electrons. The van der Waals surface area contributed by atoms with Crippen molar-refractivity contribution >= 4 is 39.4 Å². The molecule has 3 aromatic rings. The van der Waals surface area contributed by atoms with Gasteiger partial charge in [0.2, 0.25) is 10.0 Å². The van der Waals surface area contributed by atoms with Gasteiger partial charge in [-0.25, -0.2) is 13.8 Å². The predicted octanol–water partition coefficient (Wildman–Crippen LogP) is 3.72. The van der Waals surface area contributed by atoms with Crippen LogP contribution in [0.4, 0.5) is 11.4 Å². The van der Waals surface area contributed by atoms with Crippen molar-refractivity contribution in [3.05, 3.63) is 83.9 Å². The smallest absolute Gasteiger partial charge is 0.263 e. The zero-order chi connectivity index (χ0) is 28.4. The summed E-state index contributed by atoms with van der Waals surface area (Å²) in [5.74, 6) is 0.196. The van der Waals surface area contributed by atoms with Crippen LogP contribution in [0.15, 0.2) is 77.9 Å². The van der Waals surface area contributed by atoms with E-state index in [1.807, 2.05) is 38.1 Å². The number of hydrogen-bond donors (Lipinski definition) is 2. The van der Waals surface area contributed by atoms with Gasteiger partial charge in [0, 0.05) is 5.69 Å². The number of carbonyl (C=O) groups is 2. The van der Waals surface area contributed by atoms with Gasteiger partial charge >= 0.3 is 0 Å². The molecular formula is C28H32N4O6S. The highest BCUT2D eigenvalue weighted by Crippen LogP contribution is 2.24. The van der Waals surface area contributed by atoms with Crippen LogP contribution in [0.1, 0.15) is 25.0 Å². The molecule has 3 rings (SSSR count). The largest absolute Gasteiger partial charge is 0.494 e. The lowest BCUT2D eigenvalue weighted by molar-refractivity contribution is -0.121. The quantitative estimate of drug-likeness (QED) is 0.261. The number of nitrogens with zero attached hydrogens (tertiary/aromatic N) is 2. The van der Waals surface area contributed by atoms with Crippen molar-refractivity contribution in [3.63, 3.8) is 0 Å². The van der Waals surface area contributed by atoms with Gasteiger partial charge < -0.3 is 14.8 Å². The Hall–Kier alpha value is -4.38. The molecule has 0 aromatic heterocycles. The highest BCUT2D eigenvalue weighted by atomic mass is 32.2. The fraction of sp³-hybridized carbons (Fsp3) is 0.250. The van der Waals surface area contributed by atoms with Gasteiger partial charge in [-0.1, -0.05) is 17.7 Å². The number of carbonyl (C=O) groups excluding carboxylic acids is 2. The van der Waals surface area contributed by atoms with Crippen molar-refractivity contribution in [3.8, 4) is 11.5 Å². The van der Waals surface area contributed by atoms with E-state index in [0.29, 0.717) is 35.0 Å². The fourth-order valence-corrected chi connectivity index (χ4v) is 4.74. The summed E-state index contributed by atoms with van der Waals surface area (Å²) in [6.45, 7) is 5.62. The molecule has 0 radical (unpaired) electrons. The number of ether oxygens (including phenoxy) is 2. The van der Waals surface area contributed by atoms with Crippen LogP contribution in [0.5, 0.6) is 11.5 Å². The molecule has 0 unspecified atom stereocenters. The minimum atomic E-state index is -3.76. The predicted molar refractivity (Wildman–Crippen MR) is 152 cm³/mol. The first kappa shape index (κ1) is 29.2. The highest BCUT2D eigenvalue weighted by molar-refractivity contribution is 7.92.